The lowest BCUT2D eigenvalue weighted by Gasteiger charge is -2.31. The van der Waals surface area contributed by atoms with Crippen LogP contribution in [0.3, 0.4) is 0 Å². The van der Waals surface area contributed by atoms with Gasteiger partial charge in [0, 0.05) is 50.0 Å². The molecule has 0 spiro atoms. The Balaban J connectivity index is 1.63. The van der Waals surface area contributed by atoms with Crippen molar-refractivity contribution in [2.75, 3.05) is 13.1 Å². The van der Waals surface area contributed by atoms with E-state index < -0.39 is 0 Å². The molecule has 0 saturated carbocycles. The second-order valence-corrected chi connectivity index (χ2v) is 4.79. The van der Waals surface area contributed by atoms with Crippen molar-refractivity contribution in [3.05, 3.63) is 48.6 Å². The molecule has 0 unspecified atom stereocenters. The Morgan fingerprint density at radius 3 is 2.30 bits per heavy atom. The molecule has 1 amide bonds. The second-order valence-electron chi connectivity index (χ2n) is 4.79. The zero-order chi connectivity index (χ0) is 13.8. The van der Waals surface area contributed by atoms with Gasteiger partial charge in [0.15, 0.2) is 0 Å². The average molecular weight is 269 g/mol. The zero-order valence-corrected chi connectivity index (χ0v) is 11.0. The fraction of sp³-hybridized carbons (Fsp3) is 0.357. The first-order chi connectivity index (χ1) is 9.84. The Kier molecular flexibility index (Phi) is 3.62. The highest BCUT2D eigenvalue weighted by Gasteiger charge is 2.25. The standard InChI is InChI=1S/C14H15N5O/c20-14(13-10-16-4-6-18-13)19-7-1-11(2-8-19)12-9-15-3-5-17-12/h3-6,9-11H,1-2,7-8H2. The van der Waals surface area contributed by atoms with Gasteiger partial charge in [-0.15, -0.1) is 0 Å². The highest BCUT2D eigenvalue weighted by atomic mass is 16.2. The second kappa shape index (κ2) is 5.73. The molecule has 0 aromatic carbocycles. The van der Waals surface area contributed by atoms with Gasteiger partial charge in [0.1, 0.15) is 5.69 Å². The minimum atomic E-state index is -0.0457. The number of rotatable bonds is 2. The third kappa shape index (κ3) is 2.64. The van der Waals surface area contributed by atoms with Crippen molar-refractivity contribution in [3.63, 3.8) is 0 Å². The van der Waals surface area contributed by atoms with Gasteiger partial charge in [0.2, 0.25) is 0 Å². The molecule has 6 heteroatoms. The Labute approximate surface area is 116 Å². The van der Waals surface area contributed by atoms with Crippen molar-refractivity contribution in [1.29, 1.82) is 0 Å². The molecule has 0 bridgehead atoms. The number of hydrogen-bond donors (Lipinski definition) is 0. The molecule has 0 aliphatic carbocycles. The number of nitrogens with zero attached hydrogens (tertiary/aromatic N) is 5. The summed E-state index contributed by atoms with van der Waals surface area (Å²) in [4.78, 5) is 30.5. The van der Waals surface area contributed by atoms with E-state index in [1.807, 2.05) is 11.1 Å². The van der Waals surface area contributed by atoms with Crippen LogP contribution in [0.25, 0.3) is 0 Å². The molecule has 6 nitrogen and oxygen atoms in total. The van der Waals surface area contributed by atoms with Crippen molar-refractivity contribution < 1.29 is 4.79 Å². The Morgan fingerprint density at radius 2 is 1.70 bits per heavy atom. The van der Waals surface area contributed by atoms with Gasteiger partial charge >= 0.3 is 0 Å². The molecule has 1 fully saturated rings. The van der Waals surface area contributed by atoms with Crippen molar-refractivity contribution in [2.45, 2.75) is 18.8 Å². The number of amides is 1. The summed E-state index contributed by atoms with van der Waals surface area (Å²) in [5.41, 5.74) is 1.42. The zero-order valence-electron chi connectivity index (χ0n) is 11.0. The van der Waals surface area contributed by atoms with Crippen molar-refractivity contribution >= 4 is 5.91 Å². The van der Waals surface area contributed by atoms with Crippen molar-refractivity contribution in [3.8, 4) is 0 Å². The van der Waals surface area contributed by atoms with Crippen molar-refractivity contribution in [2.24, 2.45) is 0 Å². The number of likely N-dealkylation sites (tertiary alicyclic amines) is 1. The lowest BCUT2D eigenvalue weighted by Crippen LogP contribution is -2.38. The van der Waals surface area contributed by atoms with Gasteiger partial charge in [-0.1, -0.05) is 0 Å². The summed E-state index contributed by atoms with van der Waals surface area (Å²) < 4.78 is 0. The molecule has 0 N–H and O–H groups in total. The smallest absolute Gasteiger partial charge is 0.274 e. The van der Waals surface area contributed by atoms with Gasteiger partial charge < -0.3 is 4.90 Å². The van der Waals surface area contributed by atoms with Crippen molar-refractivity contribution in [1.82, 2.24) is 24.8 Å². The fourth-order valence-corrected chi connectivity index (χ4v) is 2.47. The van der Waals surface area contributed by atoms with E-state index >= 15 is 0 Å². The summed E-state index contributed by atoms with van der Waals surface area (Å²) >= 11 is 0. The monoisotopic (exact) mass is 269 g/mol. The minimum absolute atomic E-state index is 0.0457. The Hall–Kier alpha value is -2.37. The number of carbonyl (C=O) groups is 1. The largest absolute Gasteiger partial charge is 0.337 e. The summed E-state index contributed by atoms with van der Waals surface area (Å²) in [5.74, 6) is 0.338. The molecule has 1 saturated heterocycles. The number of carbonyl (C=O) groups excluding carboxylic acids is 1. The lowest BCUT2D eigenvalue weighted by atomic mass is 9.93. The van der Waals surface area contributed by atoms with Crippen LogP contribution in [0, 0.1) is 0 Å². The normalized spacial score (nSPS) is 16.1. The van der Waals surface area contributed by atoms with Gasteiger partial charge in [-0.2, -0.15) is 0 Å². The summed E-state index contributed by atoms with van der Waals surface area (Å²) in [6.07, 6.45) is 11.6. The van der Waals surface area contributed by atoms with Gasteiger partial charge in [-0.3, -0.25) is 19.7 Å². The van der Waals surface area contributed by atoms with Crippen LogP contribution in [-0.2, 0) is 0 Å². The first kappa shape index (κ1) is 12.7. The maximum Gasteiger partial charge on any atom is 0.274 e. The molecule has 2 aromatic heterocycles. The molecule has 0 atom stereocenters. The van der Waals surface area contributed by atoms with Gasteiger partial charge in [0.05, 0.1) is 11.9 Å². The van der Waals surface area contributed by atoms with E-state index in [2.05, 4.69) is 19.9 Å². The third-order valence-corrected chi connectivity index (χ3v) is 3.57. The lowest BCUT2D eigenvalue weighted by molar-refractivity contribution is 0.0705. The number of aromatic nitrogens is 4. The molecular formula is C14H15N5O. The Morgan fingerprint density at radius 1 is 1.00 bits per heavy atom. The molecular weight excluding hydrogens is 254 g/mol. The van der Waals surface area contributed by atoms with Gasteiger partial charge in [0.25, 0.3) is 5.91 Å². The van der Waals surface area contributed by atoms with E-state index in [0.29, 0.717) is 11.6 Å². The first-order valence-electron chi connectivity index (χ1n) is 6.66. The summed E-state index contributed by atoms with van der Waals surface area (Å²) in [7, 11) is 0. The van der Waals surface area contributed by atoms with Crippen LogP contribution in [0.5, 0.6) is 0 Å². The van der Waals surface area contributed by atoms with Crippen LogP contribution in [0.4, 0.5) is 0 Å². The predicted molar refractivity (Wildman–Crippen MR) is 71.9 cm³/mol. The first-order valence-corrected chi connectivity index (χ1v) is 6.66. The Bertz CT molecular complexity index is 567. The van der Waals surface area contributed by atoms with Gasteiger partial charge in [-0.25, -0.2) is 4.98 Å². The summed E-state index contributed by atoms with van der Waals surface area (Å²) in [6, 6.07) is 0. The van der Waals surface area contributed by atoms with Crippen LogP contribution in [0.15, 0.2) is 37.2 Å². The minimum Gasteiger partial charge on any atom is -0.337 e. The summed E-state index contributed by atoms with van der Waals surface area (Å²) in [5, 5.41) is 0. The molecule has 1 aliphatic heterocycles. The molecule has 2 aromatic rings. The molecule has 3 rings (SSSR count). The third-order valence-electron chi connectivity index (χ3n) is 3.57. The average Bonchev–Trinajstić information content (AvgIpc) is 2.56. The maximum atomic E-state index is 12.2. The van der Waals surface area contributed by atoms with E-state index in [-0.39, 0.29) is 5.91 Å². The topological polar surface area (TPSA) is 71.9 Å². The quantitative estimate of drug-likeness (QED) is 0.821. The molecule has 20 heavy (non-hydrogen) atoms. The molecule has 0 radical (unpaired) electrons. The number of piperidine rings is 1. The highest BCUT2D eigenvalue weighted by molar-refractivity contribution is 5.92. The van der Waals surface area contributed by atoms with E-state index in [9.17, 15) is 4.79 Å². The molecule has 1 aliphatic rings. The molecule has 3 heterocycles. The van der Waals surface area contributed by atoms with E-state index in [1.54, 1.807) is 24.8 Å². The number of hydrogen-bond acceptors (Lipinski definition) is 5. The SMILES string of the molecule is O=C(c1cnccn1)N1CCC(c2cnccn2)CC1. The molecule has 102 valence electrons. The van der Waals surface area contributed by atoms with Crippen LogP contribution in [-0.4, -0.2) is 43.8 Å². The fourth-order valence-electron chi connectivity index (χ4n) is 2.47. The van der Waals surface area contributed by atoms with E-state index in [0.717, 1.165) is 31.6 Å². The van der Waals surface area contributed by atoms with Gasteiger partial charge in [-0.05, 0) is 12.8 Å². The highest BCUT2D eigenvalue weighted by Crippen LogP contribution is 2.26. The van der Waals surface area contributed by atoms with Crippen LogP contribution in [0.2, 0.25) is 0 Å². The van der Waals surface area contributed by atoms with Crippen LogP contribution < -0.4 is 0 Å². The predicted octanol–water partition coefficient (Wildman–Crippen LogP) is 1.29. The maximum absolute atomic E-state index is 12.2. The van der Waals surface area contributed by atoms with E-state index in [1.165, 1.54) is 6.20 Å². The van der Waals surface area contributed by atoms with Crippen LogP contribution in [0.1, 0.15) is 34.9 Å². The summed E-state index contributed by atoms with van der Waals surface area (Å²) in [6.45, 7) is 1.44. The van der Waals surface area contributed by atoms with Crippen LogP contribution >= 0.6 is 0 Å². The van der Waals surface area contributed by atoms with E-state index in [4.69, 9.17) is 0 Å².